The molecule has 0 aromatic heterocycles. The summed E-state index contributed by atoms with van der Waals surface area (Å²) in [5.41, 5.74) is 0.752. The Bertz CT molecular complexity index is 729. The zero-order valence-corrected chi connectivity index (χ0v) is 12.9. The Balaban J connectivity index is 1.67. The van der Waals surface area contributed by atoms with Crippen molar-refractivity contribution < 1.29 is 27.8 Å². The van der Waals surface area contributed by atoms with E-state index in [2.05, 4.69) is 0 Å². The molecule has 0 bridgehead atoms. The summed E-state index contributed by atoms with van der Waals surface area (Å²) < 4.78 is 48.2. The van der Waals surface area contributed by atoms with Gasteiger partial charge in [0.05, 0.1) is 5.56 Å². The monoisotopic (exact) mass is 339 g/mol. The van der Waals surface area contributed by atoms with Crippen molar-refractivity contribution >= 4 is 0 Å². The number of fused-ring (bicyclic) bond motifs is 1. The van der Waals surface area contributed by atoms with E-state index in [-0.39, 0.29) is 12.5 Å². The van der Waals surface area contributed by atoms with Crippen molar-refractivity contribution in [2.75, 3.05) is 13.8 Å². The Hall–Kier alpha value is -2.41. The van der Waals surface area contributed by atoms with Crippen LogP contribution in [-0.4, -0.2) is 23.8 Å². The first-order valence-corrected chi connectivity index (χ1v) is 7.29. The lowest BCUT2D eigenvalue weighted by molar-refractivity contribution is -0.137. The molecule has 1 aliphatic heterocycles. The number of hydrogen-bond donors (Lipinski definition) is 1. The average Bonchev–Trinajstić information content (AvgIpc) is 2.94. The van der Waals surface area contributed by atoms with Gasteiger partial charge in [0.2, 0.25) is 6.79 Å². The third-order valence-electron chi connectivity index (χ3n) is 3.75. The van der Waals surface area contributed by atoms with Crippen LogP contribution in [0.2, 0.25) is 0 Å². The molecule has 0 saturated carbocycles. The van der Waals surface area contributed by atoms with E-state index in [1.54, 1.807) is 6.07 Å². The maximum atomic E-state index is 12.6. The van der Waals surface area contributed by atoms with Gasteiger partial charge in [-0.25, -0.2) is 0 Å². The maximum absolute atomic E-state index is 12.6. The first-order chi connectivity index (χ1) is 11.3. The van der Waals surface area contributed by atoms with E-state index < -0.39 is 11.7 Å². The van der Waals surface area contributed by atoms with Crippen molar-refractivity contribution in [2.45, 2.75) is 19.3 Å². The van der Waals surface area contributed by atoms with E-state index in [9.17, 15) is 18.3 Å². The molecule has 2 aromatic rings. The number of phenolic OH excluding ortho intramolecular Hbond substituents is 1. The smallest absolute Gasteiger partial charge is 0.416 e. The van der Waals surface area contributed by atoms with Crippen molar-refractivity contribution in [2.24, 2.45) is 0 Å². The van der Waals surface area contributed by atoms with Crippen LogP contribution in [-0.2, 0) is 19.3 Å². The zero-order chi connectivity index (χ0) is 17.3. The molecule has 0 atom stereocenters. The predicted molar refractivity (Wildman–Crippen MR) is 80.8 cm³/mol. The fourth-order valence-corrected chi connectivity index (χ4v) is 2.56. The molecule has 2 aromatic carbocycles. The highest BCUT2D eigenvalue weighted by Crippen LogP contribution is 2.38. The van der Waals surface area contributed by atoms with Crippen molar-refractivity contribution in [3.8, 4) is 17.2 Å². The van der Waals surface area contributed by atoms with E-state index in [4.69, 9.17) is 9.47 Å². The van der Waals surface area contributed by atoms with E-state index in [1.807, 2.05) is 11.9 Å². The molecular formula is C17H16F3NO3. The minimum Gasteiger partial charge on any atom is -0.507 e. The predicted octanol–water partition coefficient (Wildman–Crippen LogP) is 3.77. The largest absolute Gasteiger partial charge is 0.507 e. The number of benzene rings is 2. The minimum atomic E-state index is -4.33. The minimum absolute atomic E-state index is 0.0959. The van der Waals surface area contributed by atoms with Gasteiger partial charge in [-0.1, -0.05) is 12.1 Å². The van der Waals surface area contributed by atoms with Crippen LogP contribution < -0.4 is 9.47 Å². The number of phenols is 1. The summed E-state index contributed by atoms with van der Waals surface area (Å²) in [7, 11) is 1.82. The Morgan fingerprint density at radius 1 is 1.04 bits per heavy atom. The van der Waals surface area contributed by atoms with Gasteiger partial charge >= 0.3 is 6.18 Å². The summed E-state index contributed by atoms with van der Waals surface area (Å²) in [6.45, 7) is 0.995. The van der Waals surface area contributed by atoms with Gasteiger partial charge in [-0.15, -0.1) is 0 Å². The van der Waals surface area contributed by atoms with Crippen molar-refractivity contribution in [1.29, 1.82) is 0 Å². The third-order valence-corrected chi connectivity index (χ3v) is 3.75. The van der Waals surface area contributed by atoms with Crippen molar-refractivity contribution in [1.82, 2.24) is 4.90 Å². The topological polar surface area (TPSA) is 41.9 Å². The first kappa shape index (κ1) is 16.4. The molecule has 24 heavy (non-hydrogen) atoms. The van der Waals surface area contributed by atoms with E-state index in [0.29, 0.717) is 30.2 Å². The molecule has 0 radical (unpaired) electrons. The SMILES string of the molecule is CN(Cc1ccc(C(F)(F)F)cc1)Cc1cc2c(cc1O)OCO2. The fraction of sp³-hybridized carbons (Fsp3) is 0.294. The Morgan fingerprint density at radius 2 is 1.67 bits per heavy atom. The van der Waals surface area contributed by atoms with Crippen LogP contribution in [0.25, 0.3) is 0 Å². The number of rotatable bonds is 4. The maximum Gasteiger partial charge on any atom is 0.416 e. The summed E-state index contributed by atoms with van der Waals surface area (Å²) in [5.74, 6) is 1.17. The second kappa shape index (κ2) is 6.24. The van der Waals surface area contributed by atoms with Crippen LogP contribution in [0.3, 0.4) is 0 Å². The molecule has 3 rings (SSSR count). The highest BCUT2D eigenvalue weighted by molar-refractivity contribution is 5.51. The molecule has 0 unspecified atom stereocenters. The number of halogens is 3. The molecule has 0 amide bonds. The molecule has 0 spiro atoms. The normalized spacial score (nSPS) is 13.5. The molecule has 7 heteroatoms. The summed E-state index contributed by atoms with van der Waals surface area (Å²) in [4.78, 5) is 1.89. The third kappa shape index (κ3) is 3.56. The van der Waals surface area contributed by atoms with E-state index >= 15 is 0 Å². The van der Waals surface area contributed by atoms with Gasteiger partial charge in [0.15, 0.2) is 11.5 Å². The van der Waals surface area contributed by atoms with Gasteiger partial charge in [-0.3, -0.25) is 4.90 Å². The lowest BCUT2D eigenvalue weighted by Gasteiger charge is -2.18. The molecular weight excluding hydrogens is 323 g/mol. The fourth-order valence-electron chi connectivity index (χ4n) is 2.56. The number of nitrogens with zero attached hydrogens (tertiary/aromatic N) is 1. The van der Waals surface area contributed by atoms with Gasteiger partial charge in [0.25, 0.3) is 0 Å². The van der Waals surface area contributed by atoms with E-state index in [0.717, 1.165) is 17.7 Å². The van der Waals surface area contributed by atoms with Crippen molar-refractivity contribution in [3.63, 3.8) is 0 Å². The molecule has 1 N–H and O–H groups in total. The van der Waals surface area contributed by atoms with Crippen LogP contribution in [0.4, 0.5) is 13.2 Å². The molecule has 0 aliphatic carbocycles. The highest BCUT2D eigenvalue weighted by atomic mass is 19.4. The van der Waals surface area contributed by atoms with Crippen molar-refractivity contribution in [3.05, 3.63) is 53.1 Å². The lowest BCUT2D eigenvalue weighted by atomic mass is 10.1. The van der Waals surface area contributed by atoms with Crippen LogP contribution in [0, 0.1) is 0 Å². The zero-order valence-electron chi connectivity index (χ0n) is 12.9. The number of aromatic hydroxyl groups is 1. The lowest BCUT2D eigenvalue weighted by Crippen LogP contribution is -2.17. The summed E-state index contributed by atoms with van der Waals surface area (Å²) in [6, 6.07) is 8.27. The summed E-state index contributed by atoms with van der Waals surface area (Å²) >= 11 is 0. The quantitative estimate of drug-likeness (QED) is 0.921. The Morgan fingerprint density at radius 3 is 2.29 bits per heavy atom. The van der Waals surface area contributed by atoms with Crippen LogP contribution in [0.15, 0.2) is 36.4 Å². The van der Waals surface area contributed by atoms with Crippen LogP contribution in [0.1, 0.15) is 16.7 Å². The highest BCUT2D eigenvalue weighted by Gasteiger charge is 2.29. The summed E-state index contributed by atoms with van der Waals surface area (Å²) in [5, 5.41) is 10.0. The van der Waals surface area contributed by atoms with Crippen LogP contribution in [0.5, 0.6) is 17.2 Å². The summed E-state index contributed by atoms with van der Waals surface area (Å²) in [6.07, 6.45) is -4.33. The van der Waals surface area contributed by atoms with Gasteiger partial charge < -0.3 is 14.6 Å². The standard InChI is InChI=1S/C17H16F3NO3/c1-21(8-11-2-4-13(5-3-11)17(18,19)20)9-12-6-15-16(7-14(12)22)24-10-23-15/h2-7,22H,8-10H2,1H3. The second-order valence-corrected chi connectivity index (χ2v) is 5.70. The number of alkyl halides is 3. The average molecular weight is 339 g/mol. The molecule has 1 aliphatic rings. The van der Waals surface area contributed by atoms with Gasteiger partial charge in [0.1, 0.15) is 5.75 Å². The second-order valence-electron chi connectivity index (χ2n) is 5.70. The van der Waals surface area contributed by atoms with E-state index in [1.165, 1.54) is 18.2 Å². The van der Waals surface area contributed by atoms with Crippen LogP contribution >= 0.6 is 0 Å². The molecule has 0 fully saturated rings. The van der Waals surface area contributed by atoms with Gasteiger partial charge in [0, 0.05) is 24.7 Å². The van der Waals surface area contributed by atoms with Gasteiger partial charge in [-0.2, -0.15) is 13.2 Å². The number of ether oxygens (including phenoxy) is 2. The molecule has 4 nitrogen and oxygen atoms in total. The van der Waals surface area contributed by atoms with Gasteiger partial charge in [-0.05, 0) is 30.8 Å². The molecule has 0 saturated heterocycles. The number of hydrogen-bond acceptors (Lipinski definition) is 4. The Kier molecular flexibility index (Phi) is 4.28. The Labute approximate surface area is 137 Å². The molecule has 128 valence electrons. The first-order valence-electron chi connectivity index (χ1n) is 7.29. The molecule has 1 heterocycles.